The van der Waals surface area contributed by atoms with Crippen molar-refractivity contribution < 1.29 is 9.53 Å². The summed E-state index contributed by atoms with van der Waals surface area (Å²) in [5.74, 6) is 0.930. The van der Waals surface area contributed by atoms with Crippen LogP contribution in [0.15, 0.2) is 0 Å². The van der Waals surface area contributed by atoms with Crippen molar-refractivity contribution in [2.24, 2.45) is 7.05 Å². The zero-order valence-electron chi connectivity index (χ0n) is 12.9. The number of nitrogens with zero attached hydrogens (tertiary/aromatic N) is 3. The third kappa shape index (κ3) is 3.78. The number of aromatic nitrogens is 3. The van der Waals surface area contributed by atoms with Crippen LogP contribution in [0.2, 0.25) is 0 Å². The molecule has 1 atom stereocenters. The molecule has 1 unspecified atom stereocenters. The lowest BCUT2D eigenvalue weighted by Gasteiger charge is -2.14. The Labute approximate surface area is 115 Å². The third-order valence-electron chi connectivity index (χ3n) is 2.93. The second kappa shape index (κ2) is 6.17. The van der Waals surface area contributed by atoms with E-state index in [1.807, 2.05) is 20.9 Å². The summed E-state index contributed by atoms with van der Waals surface area (Å²) in [5.41, 5.74) is -0.124. The minimum atomic E-state index is -0.321. The highest BCUT2D eigenvalue weighted by Gasteiger charge is 2.29. The van der Waals surface area contributed by atoms with Gasteiger partial charge < -0.3 is 4.74 Å². The van der Waals surface area contributed by atoms with Gasteiger partial charge in [-0.05, 0) is 13.3 Å². The average Bonchev–Trinajstić information content (AvgIpc) is 2.68. The van der Waals surface area contributed by atoms with Crippen molar-refractivity contribution in [2.45, 2.75) is 58.8 Å². The number of ether oxygens (including phenoxy) is 1. The van der Waals surface area contributed by atoms with Crippen molar-refractivity contribution in [1.82, 2.24) is 14.8 Å². The zero-order chi connectivity index (χ0) is 14.6. The Bertz CT molecular complexity index is 432. The Morgan fingerprint density at radius 2 is 2.00 bits per heavy atom. The molecule has 0 amide bonds. The first-order valence-corrected chi connectivity index (χ1v) is 6.89. The lowest BCUT2D eigenvalue weighted by atomic mass is 9.96. The standard InChI is InChI=1S/C14H25N3O2/c1-7-9-10(12(18)19-8-2)11-15-13(14(3,4)5)16-17(11)6/h10H,7-9H2,1-6H3. The summed E-state index contributed by atoms with van der Waals surface area (Å²) in [7, 11) is 1.83. The molecule has 0 N–H and O–H groups in total. The lowest BCUT2D eigenvalue weighted by Crippen LogP contribution is -2.19. The minimum Gasteiger partial charge on any atom is -0.465 e. The summed E-state index contributed by atoms with van der Waals surface area (Å²) in [4.78, 5) is 16.6. The van der Waals surface area contributed by atoms with Crippen LogP contribution in [0.1, 0.15) is 65.0 Å². The molecule has 0 spiro atoms. The van der Waals surface area contributed by atoms with Crippen molar-refractivity contribution in [2.75, 3.05) is 6.61 Å². The van der Waals surface area contributed by atoms with Crippen LogP contribution < -0.4 is 0 Å². The maximum absolute atomic E-state index is 12.0. The molecule has 5 heteroatoms. The number of carbonyl (C=O) groups excluding carboxylic acids is 1. The largest absolute Gasteiger partial charge is 0.465 e. The number of aryl methyl sites for hydroxylation is 1. The molecule has 0 saturated heterocycles. The molecule has 1 rings (SSSR count). The number of hydrogen-bond acceptors (Lipinski definition) is 4. The van der Waals surface area contributed by atoms with Gasteiger partial charge in [-0.1, -0.05) is 34.1 Å². The van der Waals surface area contributed by atoms with Crippen LogP contribution in [-0.2, 0) is 22.0 Å². The minimum absolute atomic E-state index is 0.124. The molecule has 0 radical (unpaired) electrons. The number of carbonyl (C=O) groups is 1. The quantitative estimate of drug-likeness (QED) is 0.769. The summed E-state index contributed by atoms with van der Waals surface area (Å²) in [6.45, 7) is 10.4. The molecule has 0 aliphatic carbocycles. The zero-order valence-corrected chi connectivity index (χ0v) is 12.9. The molecular weight excluding hydrogens is 242 g/mol. The van der Waals surface area contributed by atoms with Gasteiger partial charge in [0.05, 0.1) is 6.61 Å². The first-order chi connectivity index (χ1) is 8.81. The molecule has 108 valence electrons. The van der Waals surface area contributed by atoms with Crippen LogP contribution in [0, 0.1) is 0 Å². The van der Waals surface area contributed by atoms with Gasteiger partial charge in [0, 0.05) is 12.5 Å². The first kappa shape index (κ1) is 15.7. The molecule has 0 aliphatic heterocycles. The maximum atomic E-state index is 12.0. The summed E-state index contributed by atoms with van der Waals surface area (Å²) in [6, 6.07) is 0. The van der Waals surface area contributed by atoms with E-state index in [1.165, 1.54) is 0 Å². The molecule has 1 aromatic rings. The fraction of sp³-hybridized carbons (Fsp3) is 0.786. The molecular formula is C14H25N3O2. The summed E-state index contributed by atoms with van der Waals surface area (Å²) >= 11 is 0. The van der Waals surface area contributed by atoms with E-state index in [-0.39, 0.29) is 17.3 Å². The van der Waals surface area contributed by atoms with E-state index in [9.17, 15) is 4.79 Å². The van der Waals surface area contributed by atoms with Gasteiger partial charge in [0.1, 0.15) is 11.7 Å². The van der Waals surface area contributed by atoms with E-state index in [1.54, 1.807) is 4.68 Å². The Kier molecular flexibility index (Phi) is 5.09. The second-order valence-electron chi connectivity index (χ2n) is 5.76. The Balaban J connectivity index is 3.09. The smallest absolute Gasteiger partial charge is 0.316 e. The lowest BCUT2D eigenvalue weighted by molar-refractivity contribution is -0.145. The van der Waals surface area contributed by atoms with Crippen LogP contribution in [-0.4, -0.2) is 27.3 Å². The van der Waals surface area contributed by atoms with Crippen molar-refractivity contribution in [3.05, 3.63) is 11.6 Å². The predicted octanol–water partition coefficient (Wildman–Crippen LogP) is 2.56. The van der Waals surface area contributed by atoms with E-state index in [2.05, 4.69) is 30.9 Å². The van der Waals surface area contributed by atoms with Crippen molar-refractivity contribution in [3.8, 4) is 0 Å². The van der Waals surface area contributed by atoms with Gasteiger partial charge in [0.25, 0.3) is 0 Å². The highest BCUT2D eigenvalue weighted by Crippen LogP contribution is 2.25. The van der Waals surface area contributed by atoms with Crippen molar-refractivity contribution in [1.29, 1.82) is 0 Å². The Hall–Kier alpha value is -1.39. The average molecular weight is 267 g/mol. The topological polar surface area (TPSA) is 57.0 Å². The molecule has 5 nitrogen and oxygen atoms in total. The molecule has 0 fully saturated rings. The van der Waals surface area contributed by atoms with Gasteiger partial charge in [-0.25, -0.2) is 4.98 Å². The SMILES string of the molecule is CCCC(C(=O)OCC)c1nc(C(C)(C)C)nn1C. The van der Waals surface area contributed by atoms with Crippen molar-refractivity contribution in [3.63, 3.8) is 0 Å². The maximum Gasteiger partial charge on any atom is 0.316 e. The second-order valence-corrected chi connectivity index (χ2v) is 5.76. The third-order valence-corrected chi connectivity index (χ3v) is 2.93. The fourth-order valence-electron chi connectivity index (χ4n) is 1.90. The molecule has 0 aromatic carbocycles. The summed E-state index contributed by atoms with van der Waals surface area (Å²) in [5, 5.41) is 4.43. The molecule has 1 heterocycles. The summed E-state index contributed by atoms with van der Waals surface area (Å²) < 4.78 is 6.85. The van der Waals surface area contributed by atoms with Gasteiger partial charge in [-0.2, -0.15) is 5.10 Å². The fourth-order valence-corrected chi connectivity index (χ4v) is 1.90. The van der Waals surface area contributed by atoms with Crippen molar-refractivity contribution >= 4 is 5.97 Å². The highest BCUT2D eigenvalue weighted by molar-refractivity contribution is 5.77. The monoisotopic (exact) mass is 267 g/mol. The molecule has 1 aromatic heterocycles. The van der Waals surface area contributed by atoms with Crippen LogP contribution in [0.4, 0.5) is 0 Å². The molecule has 0 bridgehead atoms. The Morgan fingerprint density at radius 1 is 1.37 bits per heavy atom. The van der Waals surface area contributed by atoms with E-state index in [0.29, 0.717) is 12.4 Å². The Morgan fingerprint density at radius 3 is 2.42 bits per heavy atom. The van der Waals surface area contributed by atoms with Gasteiger partial charge in [-0.15, -0.1) is 0 Å². The number of hydrogen-bond donors (Lipinski definition) is 0. The van der Waals surface area contributed by atoms with E-state index in [4.69, 9.17) is 4.74 Å². The van der Waals surface area contributed by atoms with Gasteiger partial charge >= 0.3 is 5.97 Å². The van der Waals surface area contributed by atoms with Crippen LogP contribution in [0.3, 0.4) is 0 Å². The van der Waals surface area contributed by atoms with Crippen LogP contribution >= 0.6 is 0 Å². The van der Waals surface area contributed by atoms with E-state index < -0.39 is 0 Å². The molecule has 19 heavy (non-hydrogen) atoms. The normalized spacial score (nSPS) is 13.4. The highest BCUT2D eigenvalue weighted by atomic mass is 16.5. The summed E-state index contributed by atoms with van der Waals surface area (Å²) in [6.07, 6.45) is 1.64. The van der Waals surface area contributed by atoms with Crippen LogP contribution in [0.25, 0.3) is 0 Å². The number of esters is 1. The predicted molar refractivity (Wildman–Crippen MR) is 74.0 cm³/mol. The van der Waals surface area contributed by atoms with Crippen LogP contribution in [0.5, 0.6) is 0 Å². The molecule has 0 saturated carbocycles. The van der Waals surface area contributed by atoms with E-state index >= 15 is 0 Å². The van der Waals surface area contributed by atoms with Gasteiger partial charge in [-0.3, -0.25) is 9.48 Å². The number of rotatable bonds is 5. The first-order valence-electron chi connectivity index (χ1n) is 6.89. The van der Waals surface area contributed by atoms with Gasteiger partial charge in [0.2, 0.25) is 0 Å². The van der Waals surface area contributed by atoms with E-state index in [0.717, 1.165) is 18.7 Å². The van der Waals surface area contributed by atoms with Gasteiger partial charge in [0.15, 0.2) is 5.82 Å². The molecule has 0 aliphatic rings.